The Hall–Kier alpha value is -1.06. The molecule has 1 aliphatic carbocycles. The third kappa shape index (κ3) is 3.03. The molecule has 1 atom stereocenters. The van der Waals surface area contributed by atoms with Crippen molar-refractivity contribution in [3.05, 3.63) is 29.8 Å². The van der Waals surface area contributed by atoms with Crippen molar-refractivity contribution in [3.63, 3.8) is 0 Å². The molecule has 1 saturated carbocycles. The Bertz CT molecular complexity index is 386. The summed E-state index contributed by atoms with van der Waals surface area (Å²) in [6.07, 6.45) is 4.68. The fourth-order valence-corrected chi connectivity index (χ4v) is 2.80. The summed E-state index contributed by atoms with van der Waals surface area (Å²) in [5.74, 6) is 0.305. The van der Waals surface area contributed by atoms with Gasteiger partial charge in [-0.1, -0.05) is 25.0 Å². The van der Waals surface area contributed by atoms with Gasteiger partial charge >= 0.3 is 0 Å². The second kappa shape index (κ2) is 5.72. The summed E-state index contributed by atoms with van der Waals surface area (Å²) < 4.78 is 0. The number of hydrogen-bond acceptors (Lipinski definition) is 3. The van der Waals surface area contributed by atoms with Crippen molar-refractivity contribution in [2.75, 3.05) is 13.2 Å². The number of nitrogens with one attached hydrogen (secondary N) is 1. The maximum absolute atomic E-state index is 9.56. The summed E-state index contributed by atoms with van der Waals surface area (Å²) in [7, 11) is 0. The van der Waals surface area contributed by atoms with Crippen LogP contribution in [0.25, 0.3) is 0 Å². The number of aromatic hydroxyl groups is 1. The average Bonchev–Trinajstić information content (AvgIpc) is 2.85. The molecule has 1 aromatic rings. The fourth-order valence-electron chi connectivity index (χ4n) is 2.80. The molecule has 3 heteroatoms. The van der Waals surface area contributed by atoms with Crippen molar-refractivity contribution in [1.29, 1.82) is 0 Å². The zero-order valence-corrected chi connectivity index (χ0v) is 11.0. The molecule has 0 amide bonds. The summed E-state index contributed by atoms with van der Waals surface area (Å²) in [5, 5.41) is 22.5. The third-order valence-corrected chi connectivity index (χ3v) is 4.15. The van der Waals surface area contributed by atoms with Gasteiger partial charge in [-0.05, 0) is 37.5 Å². The lowest BCUT2D eigenvalue weighted by Gasteiger charge is -2.29. The Labute approximate surface area is 109 Å². The van der Waals surface area contributed by atoms with Crippen LogP contribution in [0.2, 0.25) is 0 Å². The van der Waals surface area contributed by atoms with E-state index in [0.29, 0.717) is 5.75 Å². The van der Waals surface area contributed by atoms with Gasteiger partial charge in [0.1, 0.15) is 5.75 Å². The van der Waals surface area contributed by atoms with E-state index < -0.39 is 0 Å². The fraction of sp³-hybridized carbons (Fsp3) is 0.600. The molecule has 3 nitrogen and oxygen atoms in total. The van der Waals surface area contributed by atoms with Gasteiger partial charge in [0.05, 0.1) is 0 Å². The quantitative estimate of drug-likeness (QED) is 0.752. The van der Waals surface area contributed by atoms with Gasteiger partial charge < -0.3 is 15.5 Å². The van der Waals surface area contributed by atoms with Crippen molar-refractivity contribution < 1.29 is 10.2 Å². The lowest BCUT2D eigenvalue weighted by molar-refractivity contribution is 0.125. The minimum atomic E-state index is 0.0745. The predicted molar refractivity (Wildman–Crippen MR) is 72.5 cm³/mol. The highest BCUT2D eigenvalue weighted by Gasteiger charge is 2.33. The van der Waals surface area contributed by atoms with E-state index in [2.05, 4.69) is 12.2 Å². The van der Waals surface area contributed by atoms with E-state index in [-0.39, 0.29) is 18.1 Å². The first-order valence-electron chi connectivity index (χ1n) is 6.78. The van der Waals surface area contributed by atoms with Crippen molar-refractivity contribution in [1.82, 2.24) is 5.32 Å². The molecular weight excluding hydrogens is 226 g/mol. The number of aliphatic hydroxyl groups excluding tert-OH is 1. The maximum Gasteiger partial charge on any atom is 0.115 e. The van der Waals surface area contributed by atoms with Gasteiger partial charge in [0.25, 0.3) is 0 Å². The molecule has 0 bridgehead atoms. The van der Waals surface area contributed by atoms with E-state index in [4.69, 9.17) is 0 Å². The molecular formula is C15H23NO2. The van der Waals surface area contributed by atoms with Gasteiger partial charge in [0.15, 0.2) is 0 Å². The van der Waals surface area contributed by atoms with Crippen LogP contribution in [0.1, 0.15) is 44.2 Å². The smallest absolute Gasteiger partial charge is 0.115 e. The van der Waals surface area contributed by atoms with E-state index in [0.717, 1.165) is 24.9 Å². The molecule has 1 aliphatic rings. The molecule has 18 heavy (non-hydrogen) atoms. The van der Waals surface area contributed by atoms with Crippen LogP contribution in [-0.2, 0) is 0 Å². The lowest BCUT2D eigenvalue weighted by atomic mass is 9.87. The standard InChI is InChI=1S/C15H23NO2/c1-12(13-5-4-6-14(18)9-13)16-10-15(11-17)7-2-3-8-15/h4-6,9,12,16-18H,2-3,7-8,10-11H2,1H3. The summed E-state index contributed by atoms with van der Waals surface area (Å²) >= 11 is 0. The molecule has 0 radical (unpaired) electrons. The number of phenolic OH excluding ortho intramolecular Hbond substituents is 1. The highest BCUT2D eigenvalue weighted by molar-refractivity contribution is 5.29. The molecule has 0 heterocycles. The molecule has 1 unspecified atom stereocenters. The largest absolute Gasteiger partial charge is 0.508 e. The summed E-state index contributed by atoms with van der Waals surface area (Å²) in [6.45, 7) is 3.21. The monoisotopic (exact) mass is 249 g/mol. The Morgan fingerprint density at radius 1 is 1.33 bits per heavy atom. The number of phenols is 1. The second-order valence-corrected chi connectivity index (χ2v) is 5.56. The number of hydrogen-bond donors (Lipinski definition) is 3. The second-order valence-electron chi connectivity index (χ2n) is 5.56. The van der Waals surface area contributed by atoms with Crippen molar-refractivity contribution in [2.45, 2.75) is 38.6 Å². The van der Waals surface area contributed by atoms with Crippen LogP contribution in [0.4, 0.5) is 0 Å². The van der Waals surface area contributed by atoms with Crippen LogP contribution in [0.5, 0.6) is 5.75 Å². The van der Waals surface area contributed by atoms with Crippen LogP contribution in [-0.4, -0.2) is 23.4 Å². The summed E-state index contributed by atoms with van der Waals surface area (Å²) in [6, 6.07) is 7.54. The highest BCUT2D eigenvalue weighted by Crippen LogP contribution is 2.37. The van der Waals surface area contributed by atoms with Crippen molar-refractivity contribution in [2.24, 2.45) is 5.41 Å². The molecule has 0 aromatic heterocycles. The van der Waals surface area contributed by atoms with Gasteiger partial charge in [-0.3, -0.25) is 0 Å². The Morgan fingerprint density at radius 3 is 2.67 bits per heavy atom. The van der Waals surface area contributed by atoms with Crippen LogP contribution in [0, 0.1) is 5.41 Å². The minimum absolute atomic E-state index is 0.0745. The van der Waals surface area contributed by atoms with Crippen molar-refractivity contribution >= 4 is 0 Å². The molecule has 100 valence electrons. The Balaban J connectivity index is 1.93. The minimum Gasteiger partial charge on any atom is -0.508 e. The van der Waals surface area contributed by atoms with E-state index in [1.165, 1.54) is 12.8 Å². The molecule has 0 aliphatic heterocycles. The molecule has 2 rings (SSSR count). The van der Waals surface area contributed by atoms with Gasteiger partial charge in [-0.25, -0.2) is 0 Å². The Kier molecular flexibility index (Phi) is 4.25. The van der Waals surface area contributed by atoms with Crippen LogP contribution >= 0.6 is 0 Å². The normalized spacial score (nSPS) is 19.9. The topological polar surface area (TPSA) is 52.5 Å². The zero-order valence-electron chi connectivity index (χ0n) is 11.0. The summed E-state index contributed by atoms with van der Waals surface area (Å²) in [4.78, 5) is 0. The highest BCUT2D eigenvalue weighted by atomic mass is 16.3. The van der Waals surface area contributed by atoms with Gasteiger partial charge in [-0.15, -0.1) is 0 Å². The first-order chi connectivity index (χ1) is 8.65. The molecule has 3 N–H and O–H groups in total. The van der Waals surface area contributed by atoms with Crippen molar-refractivity contribution in [3.8, 4) is 5.75 Å². The number of benzene rings is 1. The van der Waals surface area contributed by atoms with E-state index in [9.17, 15) is 10.2 Å². The lowest BCUT2D eigenvalue weighted by Crippen LogP contribution is -2.36. The van der Waals surface area contributed by atoms with Gasteiger partial charge in [0.2, 0.25) is 0 Å². The van der Waals surface area contributed by atoms with Crippen LogP contribution in [0.3, 0.4) is 0 Å². The Morgan fingerprint density at radius 2 is 2.06 bits per heavy atom. The van der Waals surface area contributed by atoms with Gasteiger partial charge in [-0.2, -0.15) is 0 Å². The zero-order chi connectivity index (χ0) is 13.0. The summed E-state index contributed by atoms with van der Waals surface area (Å²) in [5.41, 5.74) is 1.16. The van der Waals surface area contributed by atoms with E-state index in [1.807, 2.05) is 12.1 Å². The van der Waals surface area contributed by atoms with E-state index in [1.54, 1.807) is 12.1 Å². The van der Waals surface area contributed by atoms with Crippen LogP contribution in [0.15, 0.2) is 24.3 Å². The average molecular weight is 249 g/mol. The molecule has 0 spiro atoms. The predicted octanol–water partition coefficient (Wildman–Crippen LogP) is 2.60. The first-order valence-corrected chi connectivity index (χ1v) is 6.78. The maximum atomic E-state index is 9.56. The van der Waals surface area contributed by atoms with Crippen LogP contribution < -0.4 is 5.32 Å². The molecule has 1 aromatic carbocycles. The number of aliphatic hydroxyl groups is 1. The molecule has 1 fully saturated rings. The number of rotatable bonds is 5. The SMILES string of the molecule is CC(NCC1(CO)CCCC1)c1cccc(O)c1. The van der Waals surface area contributed by atoms with E-state index >= 15 is 0 Å². The third-order valence-electron chi connectivity index (χ3n) is 4.15. The molecule has 0 saturated heterocycles. The van der Waals surface area contributed by atoms with Gasteiger partial charge in [0, 0.05) is 24.6 Å². The first kappa shape index (κ1) is 13.4.